The van der Waals surface area contributed by atoms with E-state index in [2.05, 4.69) is 16.1 Å². The van der Waals surface area contributed by atoms with Gasteiger partial charge in [0.1, 0.15) is 10.8 Å². The van der Waals surface area contributed by atoms with Crippen LogP contribution in [0.25, 0.3) is 4.96 Å². The Kier molecular flexibility index (Phi) is 5.52. The van der Waals surface area contributed by atoms with Crippen LogP contribution in [0.15, 0.2) is 35.1 Å². The van der Waals surface area contributed by atoms with Crippen LogP contribution >= 0.6 is 23.1 Å². The maximum atomic E-state index is 12.1. The van der Waals surface area contributed by atoms with Gasteiger partial charge < -0.3 is 4.74 Å². The van der Waals surface area contributed by atoms with Crippen LogP contribution in [0.1, 0.15) is 30.1 Å². The quantitative estimate of drug-likeness (QED) is 0.644. The van der Waals surface area contributed by atoms with Crippen molar-refractivity contribution in [1.82, 2.24) is 14.6 Å². The van der Waals surface area contributed by atoms with Crippen molar-refractivity contribution in [2.75, 3.05) is 6.61 Å². The Morgan fingerprint density at radius 1 is 1.25 bits per heavy atom. The van der Waals surface area contributed by atoms with Crippen LogP contribution in [0.4, 0.5) is 0 Å². The number of benzene rings is 1. The second kappa shape index (κ2) is 7.81. The Balaban J connectivity index is 1.71. The molecule has 0 unspecified atom stereocenters. The molecule has 0 amide bonds. The van der Waals surface area contributed by atoms with E-state index in [-0.39, 0.29) is 5.56 Å². The van der Waals surface area contributed by atoms with Gasteiger partial charge in [-0.25, -0.2) is 4.98 Å². The Hall–Kier alpha value is -1.86. The highest BCUT2D eigenvalue weighted by Crippen LogP contribution is 2.25. The van der Waals surface area contributed by atoms with Crippen LogP contribution < -0.4 is 10.3 Å². The molecule has 3 rings (SSSR count). The van der Waals surface area contributed by atoms with Crippen LogP contribution in [0.5, 0.6) is 5.75 Å². The van der Waals surface area contributed by atoms with Gasteiger partial charge in [-0.3, -0.25) is 4.79 Å². The molecule has 24 heavy (non-hydrogen) atoms. The fourth-order valence-corrected chi connectivity index (χ4v) is 4.07. The van der Waals surface area contributed by atoms with Crippen LogP contribution in [-0.2, 0) is 17.9 Å². The molecule has 0 spiro atoms. The predicted octanol–water partition coefficient (Wildman–Crippen LogP) is 3.55. The largest absolute Gasteiger partial charge is 0.494 e. The van der Waals surface area contributed by atoms with Crippen LogP contribution in [0.2, 0.25) is 0 Å². The smallest absolute Gasteiger partial charge is 0.275 e. The highest BCUT2D eigenvalue weighted by atomic mass is 32.2. The lowest BCUT2D eigenvalue weighted by molar-refractivity contribution is 0.337. The van der Waals surface area contributed by atoms with Gasteiger partial charge in [-0.2, -0.15) is 21.4 Å². The van der Waals surface area contributed by atoms with Crippen molar-refractivity contribution >= 4 is 28.1 Å². The second-order valence-corrected chi connectivity index (χ2v) is 7.19. The first-order chi connectivity index (χ1) is 11.7. The number of nitrogens with zero attached hydrogens (tertiary/aromatic N) is 3. The molecule has 0 saturated carbocycles. The summed E-state index contributed by atoms with van der Waals surface area (Å²) in [5.41, 5.74) is 1.85. The SMILES string of the molecule is CCOc1ccccc1CSCc1cc(=O)n2nc(CC)sc2n1. The third-order valence-corrected chi connectivity index (χ3v) is 5.49. The van der Waals surface area contributed by atoms with E-state index < -0.39 is 0 Å². The molecule has 2 heterocycles. The predicted molar refractivity (Wildman–Crippen MR) is 99.1 cm³/mol. The monoisotopic (exact) mass is 361 g/mol. The number of fused-ring (bicyclic) bond motifs is 1. The topological polar surface area (TPSA) is 56.5 Å². The summed E-state index contributed by atoms with van der Waals surface area (Å²) >= 11 is 3.20. The first kappa shape index (κ1) is 17.0. The fraction of sp³-hybridized carbons (Fsp3) is 0.353. The van der Waals surface area contributed by atoms with Crippen molar-refractivity contribution in [2.45, 2.75) is 31.8 Å². The minimum atomic E-state index is -0.110. The number of aryl methyl sites for hydroxylation is 1. The van der Waals surface area contributed by atoms with E-state index in [9.17, 15) is 4.79 Å². The van der Waals surface area contributed by atoms with Crippen molar-refractivity contribution in [1.29, 1.82) is 0 Å². The van der Waals surface area contributed by atoms with E-state index >= 15 is 0 Å². The molecule has 0 fully saturated rings. The van der Waals surface area contributed by atoms with Crippen LogP contribution in [-0.4, -0.2) is 21.2 Å². The summed E-state index contributed by atoms with van der Waals surface area (Å²) in [5.74, 6) is 2.43. The van der Waals surface area contributed by atoms with Gasteiger partial charge in [-0.15, -0.1) is 0 Å². The molecule has 5 nitrogen and oxygen atoms in total. The number of thioether (sulfide) groups is 1. The van der Waals surface area contributed by atoms with Gasteiger partial charge in [0.15, 0.2) is 0 Å². The molecule has 0 saturated heterocycles. The molecule has 0 radical (unpaired) electrons. The molecule has 7 heteroatoms. The van der Waals surface area contributed by atoms with Crippen molar-refractivity contribution in [2.24, 2.45) is 0 Å². The van der Waals surface area contributed by atoms with E-state index in [4.69, 9.17) is 4.74 Å². The van der Waals surface area contributed by atoms with Gasteiger partial charge in [0, 0.05) is 23.1 Å². The zero-order valence-electron chi connectivity index (χ0n) is 13.7. The third kappa shape index (κ3) is 3.79. The summed E-state index contributed by atoms with van der Waals surface area (Å²) in [6.45, 7) is 4.66. The normalized spacial score (nSPS) is 11.1. The lowest BCUT2D eigenvalue weighted by Crippen LogP contribution is -2.15. The summed E-state index contributed by atoms with van der Waals surface area (Å²) in [5, 5.41) is 5.19. The summed E-state index contributed by atoms with van der Waals surface area (Å²) in [6.07, 6.45) is 0.811. The lowest BCUT2D eigenvalue weighted by Gasteiger charge is -2.09. The van der Waals surface area contributed by atoms with Gasteiger partial charge in [0.05, 0.1) is 12.3 Å². The average Bonchev–Trinajstić information content (AvgIpc) is 3.00. The molecule has 0 aliphatic heterocycles. The zero-order valence-corrected chi connectivity index (χ0v) is 15.3. The van der Waals surface area contributed by atoms with Crippen molar-refractivity contribution < 1.29 is 4.74 Å². The maximum absolute atomic E-state index is 12.1. The number of rotatable bonds is 7. The molecule has 2 aromatic heterocycles. The van der Waals surface area contributed by atoms with Gasteiger partial charge in [0.2, 0.25) is 4.96 Å². The fourth-order valence-electron chi connectivity index (χ4n) is 2.30. The molecule has 0 bridgehead atoms. The van der Waals surface area contributed by atoms with E-state index in [1.807, 2.05) is 32.0 Å². The van der Waals surface area contributed by atoms with Crippen molar-refractivity contribution in [3.05, 3.63) is 57.0 Å². The molecular weight excluding hydrogens is 342 g/mol. The van der Waals surface area contributed by atoms with Gasteiger partial charge in [0.25, 0.3) is 5.56 Å². The molecule has 0 N–H and O–H groups in total. The van der Waals surface area contributed by atoms with Crippen LogP contribution in [0.3, 0.4) is 0 Å². The van der Waals surface area contributed by atoms with E-state index in [0.29, 0.717) is 17.3 Å². The van der Waals surface area contributed by atoms with Crippen molar-refractivity contribution in [3.63, 3.8) is 0 Å². The molecule has 0 aliphatic rings. The highest BCUT2D eigenvalue weighted by Gasteiger charge is 2.09. The number of hydrogen-bond donors (Lipinski definition) is 0. The van der Waals surface area contributed by atoms with Gasteiger partial charge in [-0.1, -0.05) is 36.5 Å². The molecule has 0 atom stereocenters. The lowest BCUT2D eigenvalue weighted by atomic mass is 10.2. The molecular formula is C17H19N3O2S2. The molecule has 126 valence electrons. The summed E-state index contributed by atoms with van der Waals surface area (Å²) < 4.78 is 7.03. The first-order valence-electron chi connectivity index (χ1n) is 7.88. The average molecular weight is 361 g/mol. The Morgan fingerprint density at radius 2 is 2.08 bits per heavy atom. The minimum absolute atomic E-state index is 0.110. The molecule has 3 aromatic rings. The van der Waals surface area contributed by atoms with Gasteiger partial charge >= 0.3 is 0 Å². The summed E-state index contributed by atoms with van der Waals surface area (Å²) in [6, 6.07) is 9.62. The first-order valence-corrected chi connectivity index (χ1v) is 9.85. The number of aromatic nitrogens is 3. The number of para-hydroxylation sites is 1. The second-order valence-electron chi connectivity index (χ2n) is 5.16. The summed E-state index contributed by atoms with van der Waals surface area (Å²) in [7, 11) is 0. The number of ether oxygens (including phenoxy) is 1. The standard InChI is InChI=1S/C17H19N3O2S2/c1-3-15-19-20-16(21)9-13(18-17(20)24-15)11-23-10-12-7-5-6-8-14(12)22-4-2/h5-9H,3-4,10-11H2,1-2H3. The maximum Gasteiger partial charge on any atom is 0.275 e. The van der Waals surface area contributed by atoms with Crippen molar-refractivity contribution in [3.8, 4) is 5.75 Å². The number of hydrogen-bond acceptors (Lipinski definition) is 6. The Labute approximate surface area is 148 Å². The molecule has 1 aromatic carbocycles. The highest BCUT2D eigenvalue weighted by molar-refractivity contribution is 7.97. The third-order valence-electron chi connectivity index (χ3n) is 3.42. The van der Waals surface area contributed by atoms with E-state index in [0.717, 1.165) is 34.2 Å². The van der Waals surface area contributed by atoms with E-state index in [1.165, 1.54) is 15.9 Å². The zero-order chi connectivity index (χ0) is 16.9. The van der Waals surface area contributed by atoms with Gasteiger partial charge in [-0.05, 0) is 19.4 Å². The summed E-state index contributed by atoms with van der Waals surface area (Å²) in [4.78, 5) is 17.4. The van der Waals surface area contributed by atoms with E-state index in [1.54, 1.807) is 17.8 Å². The molecule has 0 aliphatic carbocycles. The minimum Gasteiger partial charge on any atom is -0.494 e. The Morgan fingerprint density at radius 3 is 2.88 bits per heavy atom. The van der Waals surface area contributed by atoms with Crippen LogP contribution in [0, 0.1) is 0 Å². The Bertz CT molecular complexity index is 889.